The SMILES string of the molecule is CCCC(C)(N)C(=O)Nc1nc2ccccc2nc1Cl. The van der Waals surface area contributed by atoms with Crippen molar-refractivity contribution in [2.24, 2.45) is 5.73 Å². The lowest BCUT2D eigenvalue weighted by molar-refractivity contribution is -0.120. The van der Waals surface area contributed by atoms with Crippen molar-refractivity contribution in [3.05, 3.63) is 29.4 Å². The van der Waals surface area contributed by atoms with Gasteiger partial charge in [0.1, 0.15) is 0 Å². The molecule has 1 atom stereocenters. The fourth-order valence-corrected chi connectivity index (χ4v) is 2.12. The number of hydrogen-bond acceptors (Lipinski definition) is 4. The molecule has 0 radical (unpaired) electrons. The van der Waals surface area contributed by atoms with Gasteiger partial charge in [-0.25, -0.2) is 9.97 Å². The van der Waals surface area contributed by atoms with Gasteiger partial charge in [0, 0.05) is 0 Å². The Bertz CT molecular complexity index is 642. The van der Waals surface area contributed by atoms with Crippen molar-refractivity contribution in [1.29, 1.82) is 0 Å². The van der Waals surface area contributed by atoms with Crippen molar-refractivity contribution in [2.75, 3.05) is 5.32 Å². The Kier molecular flexibility index (Phi) is 4.20. The van der Waals surface area contributed by atoms with Gasteiger partial charge in [-0.3, -0.25) is 4.79 Å². The van der Waals surface area contributed by atoms with Crippen LogP contribution in [0, 0.1) is 0 Å². The van der Waals surface area contributed by atoms with Crippen molar-refractivity contribution in [3.63, 3.8) is 0 Å². The predicted octanol–water partition coefficient (Wildman–Crippen LogP) is 2.74. The lowest BCUT2D eigenvalue weighted by atomic mass is 9.97. The Balaban J connectivity index is 2.29. The molecule has 5 nitrogen and oxygen atoms in total. The van der Waals surface area contributed by atoms with Gasteiger partial charge in [-0.2, -0.15) is 0 Å². The molecule has 0 aliphatic rings. The average molecular weight is 293 g/mol. The maximum absolute atomic E-state index is 12.1. The third kappa shape index (κ3) is 3.05. The monoisotopic (exact) mass is 292 g/mol. The van der Waals surface area contributed by atoms with Crippen LogP contribution < -0.4 is 11.1 Å². The minimum atomic E-state index is -0.953. The number of carbonyl (C=O) groups excluding carboxylic acids is 1. The second-order valence-corrected chi connectivity index (χ2v) is 5.33. The fourth-order valence-electron chi connectivity index (χ4n) is 1.94. The van der Waals surface area contributed by atoms with Crippen LogP contribution in [0.1, 0.15) is 26.7 Å². The number of aromatic nitrogens is 2. The summed E-state index contributed by atoms with van der Waals surface area (Å²) in [7, 11) is 0. The molecule has 0 saturated heterocycles. The number of nitrogens with zero attached hydrogens (tertiary/aromatic N) is 2. The molecule has 0 saturated carbocycles. The molecule has 6 heteroatoms. The zero-order chi connectivity index (χ0) is 14.8. The summed E-state index contributed by atoms with van der Waals surface area (Å²) in [5.41, 5.74) is 6.37. The maximum Gasteiger partial charge on any atom is 0.245 e. The summed E-state index contributed by atoms with van der Waals surface area (Å²) < 4.78 is 0. The largest absolute Gasteiger partial charge is 0.318 e. The van der Waals surface area contributed by atoms with Gasteiger partial charge in [0.05, 0.1) is 16.6 Å². The summed E-state index contributed by atoms with van der Waals surface area (Å²) in [6.07, 6.45) is 1.40. The third-order valence-electron chi connectivity index (χ3n) is 3.05. The summed E-state index contributed by atoms with van der Waals surface area (Å²) >= 11 is 6.05. The first-order chi connectivity index (χ1) is 9.44. The van der Waals surface area contributed by atoms with Gasteiger partial charge in [0.15, 0.2) is 11.0 Å². The summed E-state index contributed by atoms with van der Waals surface area (Å²) in [6.45, 7) is 3.66. The van der Waals surface area contributed by atoms with Gasteiger partial charge in [-0.1, -0.05) is 37.1 Å². The van der Waals surface area contributed by atoms with E-state index in [-0.39, 0.29) is 16.9 Å². The highest BCUT2D eigenvalue weighted by Gasteiger charge is 2.28. The van der Waals surface area contributed by atoms with Crippen molar-refractivity contribution < 1.29 is 4.79 Å². The number of benzene rings is 1. The molecule has 20 heavy (non-hydrogen) atoms. The summed E-state index contributed by atoms with van der Waals surface area (Å²) in [6, 6.07) is 7.32. The van der Waals surface area contributed by atoms with Crippen LogP contribution in [0.2, 0.25) is 5.15 Å². The first kappa shape index (κ1) is 14.7. The molecule has 1 amide bonds. The number of para-hydroxylation sites is 2. The molecular weight excluding hydrogens is 276 g/mol. The Hall–Kier alpha value is -1.72. The summed E-state index contributed by atoms with van der Waals surface area (Å²) in [5.74, 6) is -0.0750. The topological polar surface area (TPSA) is 80.9 Å². The van der Waals surface area contributed by atoms with Crippen LogP contribution in [0.25, 0.3) is 11.0 Å². The quantitative estimate of drug-likeness (QED) is 0.908. The fraction of sp³-hybridized carbons (Fsp3) is 0.357. The Morgan fingerprint density at radius 3 is 2.55 bits per heavy atom. The molecular formula is C14H17ClN4O. The van der Waals surface area contributed by atoms with Crippen molar-refractivity contribution in [3.8, 4) is 0 Å². The van der Waals surface area contributed by atoms with Gasteiger partial charge >= 0.3 is 0 Å². The Labute approximate surface area is 122 Å². The number of fused-ring (bicyclic) bond motifs is 1. The molecule has 2 rings (SSSR count). The smallest absolute Gasteiger partial charge is 0.245 e. The Morgan fingerprint density at radius 1 is 1.35 bits per heavy atom. The van der Waals surface area contributed by atoms with Gasteiger partial charge in [0.25, 0.3) is 0 Å². The lowest BCUT2D eigenvalue weighted by Gasteiger charge is -2.22. The second-order valence-electron chi connectivity index (χ2n) is 4.97. The van der Waals surface area contributed by atoms with Crippen molar-refractivity contribution in [1.82, 2.24) is 9.97 Å². The van der Waals surface area contributed by atoms with Crippen LogP contribution in [0.3, 0.4) is 0 Å². The maximum atomic E-state index is 12.1. The standard InChI is InChI=1S/C14H17ClN4O/c1-3-8-14(2,16)13(20)19-12-11(15)17-9-6-4-5-7-10(9)18-12/h4-7H,3,8,16H2,1-2H3,(H,18,19,20). The summed E-state index contributed by atoms with van der Waals surface area (Å²) in [5, 5.41) is 2.81. The Morgan fingerprint density at radius 2 is 1.95 bits per heavy atom. The van der Waals surface area contributed by atoms with Gasteiger partial charge < -0.3 is 11.1 Å². The zero-order valence-electron chi connectivity index (χ0n) is 11.5. The number of rotatable bonds is 4. The van der Waals surface area contributed by atoms with E-state index in [1.54, 1.807) is 6.92 Å². The first-order valence-corrected chi connectivity index (χ1v) is 6.84. The molecule has 2 aromatic rings. The number of halogens is 1. The van der Waals surface area contributed by atoms with Gasteiger partial charge in [-0.15, -0.1) is 0 Å². The molecule has 1 aromatic carbocycles. The number of anilines is 1. The van der Waals surface area contributed by atoms with E-state index < -0.39 is 5.54 Å². The minimum absolute atomic E-state index is 0.157. The van der Waals surface area contributed by atoms with Crippen LogP contribution in [-0.2, 0) is 4.79 Å². The second kappa shape index (κ2) is 5.73. The van der Waals surface area contributed by atoms with Crippen molar-refractivity contribution >= 4 is 34.4 Å². The van der Waals surface area contributed by atoms with Crippen LogP contribution in [0.15, 0.2) is 24.3 Å². The van der Waals surface area contributed by atoms with Gasteiger partial charge in [0.2, 0.25) is 5.91 Å². The molecule has 3 N–H and O–H groups in total. The third-order valence-corrected chi connectivity index (χ3v) is 3.31. The number of hydrogen-bond donors (Lipinski definition) is 2. The molecule has 1 heterocycles. The molecule has 0 bridgehead atoms. The van der Waals surface area contributed by atoms with E-state index in [0.717, 1.165) is 6.42 Å². The van der Waals surface area contributed by atoms with Crippen LogP contribution >= 0.6 is 11.6 Å². The van der Waals surface area contributed by atoms with Crippen LogP contribution in [0.5, 0.6) is 0 Å². The molecule has 0 fully saturated rings. The highest BCUT2D eigenvalue weighted by atomic mass is 35.5. The van der Waals surface area contributed by atoms with E-state index in [0.29, 0.717) is 17.5 Å². The molecule has 0 spiro atoms. The molecule has 1 aromatic heterocycles. The van der Waals surface area contributed by atoms with E-state index in [2.05, 4.69) is 15.3 Å². The van der Waals surface area contributed by atoms with E-state index >= 15 is 0 Å². The number of nitrogens with two attached hydrogens (primary N) is 1. The first-order valence-electron chi connectivity index (χ1n) is 6.46. The zero-order valence-corrected chi connectivity index (χ0v) is 12.2. The average Bonchev–Trinajstić information content (AvgIpc) is 2.39. The van der Waals surface area contributed by atoms with Crippen LogP contribution in [-0.4, -0.2) is 21.4 Å². The highest BCUT2D eigenvalue weighted by Crippen LogP contribution is 2.22. The molecule has 106 valence electrons. The lowest BCUT2D eigenvalue weighted by Crippen LogP contribution is -2.48. The van der Waals surface area contributed by atoms with E-state index in [9.17, 15) is 4.79 Å². The molecule has 0 aliphatic carbocycles. The van der Waals surface area contributed by atoms with Crippen LogP contribution in [0.4, 0.5) is 5.82 Å². The van der Waals surface area contributed by atoms with E-state index in [4.69, 9.17) is 17.3 Å². The van der Waals surface area contributed by atoms with E-state index in [1.807, 2.05) is 31.2 Å². The number of carbonyl (C=O) groups is 1. The normalized spacial score (nSPS) is 14.0. The van der Waals surface area contributed by atoms with Gasteiger partial charge in [-0.05, 0) is 25.5 Å². The predicted molar refractivity (Wildman–Crippen MR) is 80.7 cm³/mol. The highest BCUT2D eigenvalue weighted by molar-refractivity contribution is 6.32. The molecule has 1 unspecified atom stereocenters. The summed E-state index contributed by atoms with van der Waals surface area (Å²) in [4.78, 5) is 20.7. The van der Waals surface area contributed by atoms with Crippen molar-refractivity contribution in [2.45, 2.75) is 32.2 Å². The van der Waals surface area contributed by atoms with E-state index in [1.165, 1.54) is 0 Å². The number of amides is 1. The number of nitrogens with one attached hydrogen (secondary N) is 1. The molecule has 0 aliphatic heterocycles. The minimum Gasteiger partial charge on any atom is -0.318 e.